The molecule has 8 heteroatoms. The number of aromatic nitrogens is 2. The van der Waals surface area contributed by atoms with Gasteiger partial charge in [-0.1, -0.05) is 12.1 Å². The van der Waals surface area contributed by atoms with Gasteiger partial charge in [0.1, 0.15) is 17.2 Å². The molecule has 2 rings (SSSR count). The first-order valence-electron chi connectivity index (χ1n) is 7.59. The van der Waals surface area contributed by atoms with E-state index in [4.69, 9.17) is 5.11 Å². The van der Waals surface area contributed by atoms with Crippen LogP contribution in [-0.2, 0) is 4.79 Å². The lowest BCUT2D eigenvalue weighted by Gasteiger charge is -2.25. The highest BCUT2D eigenvalue weighted by Crippen LogP contribution is 2.13. The normalized spacial score (nSPS) is 11.2. The van der Waals surface area contributed by atoms with Crippen molar-refractivity contribution in [3.63, 3.8) is 0 Å². The van der Waals surface area contributed by atoms with E-state index < -0.39 is 28.8 Å². The molecule has 7 nitrogen and oxygen atoms in total. The van der Waals surface area contributed by atoms with Crippen LogP contribution in [0.3, 0.4) is 0 Å². The summed E-state index contributed by atoms with van der Waals surface area (Å²) in [4.78, 5) is 35.0. The van der Waals surface area contributed by atoms with Crippen molar-refractivity contribution in [3.8, 4) is 5.69 Å². The Morgan fingerprint density at radius 2 is 1.92 bits per heavy atom. The van der Waals surface area contributed by atoms with E-state index in [1.807, 2.05) is 0 Å². The first kappa shape index (κ1) is 18.3. The Hall–Kier alpha value is -3.03. The average molecular weight is 347 g/mol. The van der Waals surface area contributed by atoms with Crippen LogP contribution in [0.5, 0.6) is 0 Å². The Kier molecular flexibility index (Phi) is 5.31. The molecule has 0 aliphatic carbocycles. The molecule has 1 heterocycles. The third-order valence-electron chi connectivity index (χ3n) is 3.53. The number of rotatable bonds is 6. The van der Waals surface area contributed by atoms with Crippen molar-refractivity contribution in [2.45, 2.75) is 32.2 Å². The average Bonchev–Trinajstić information content (AvgIpc) is 2.54. The first-order chi connectivity index (χ1) is 11.7. The molecule has 2 N–H and O–H groups in total. The maximum absolute atomic E-state index is 13.9. The fraction of sp³-hybridized carbons (Fsp3) is 0.294. The molecule has 0 unspecified atom stereocenters. The number of benzene rings is 1. The van der Waals surface area contributed by atoms with Gasteiger partial charge in [0.2, 0.25) is 0 Å². The van der Waals surface area contributed by atoms with E-state index in [2.05, 4.69) is 10.4 Å². The second-order valence-corrected chi connectivity index (χ2v) is 6.15. The van der Waals surface area contributed by atoms with E-state index in [1.54, 1.807) is 19.9 Å². The quantitative estimate of drug-likeness (QED) is 0.829. The number of nitrogens with one attached hydrogen (secondary N) is 1. The minimum absolute atomic E-state index is 0.0627. The summed E-state index contributed by atoms with van der Waals surface area (Å²) in [5.74, 6) is -2.19. The van der Waals surface area contributed by atoms with Crippen molar-refractivity contribution in [3.05, 3.63) is 58.3 Å². The van der Waals surface area contributed by atoms with Gasteiger partial charge in [-0.3, -0.25) is 14.4 Å². The molecule has 1 aromatic heterocycles. The van der Waals surface area contributed by atoms with Crippen LogP contribution in [0, 0.1) is 5.82 Å². The molecular formula is C17H18FN3O4. The van der Waals surface area contributed by atoms with E-state index in [0.29, 0.717) is 0 Å². The SMILES string of the molecule is CC(C)(CCC(=O)O)NC(=O)c1ccc(=O)n(-c2ccccc2F)n1. The zero-order chi connectivity index (χ0) is 18.6. The van der Waals surface area contributed by atoms with Crippen LogP contribution in [0.15, 0.2) is 41.2 Å². The van der Waals surface area contributed by atoms with Crippen molar-refractivity contribution in [2.24, 2.45) is 0 Å². The number of carbonyl (C=O) groups excluding carboxylic acids is 1. The summed E-state index contributed by atoms with van der Waals surface area (Å²) in [6, 6.07) is 7.95. The highest BCUT2D eigenvalue weighted by atomic mass is 19.1. The van der Waals surface area contributed by atoms with Gasteiger partial charge in [-0.15, -0.1) is 0 Å². The standard InChI is InChI=1S/C17H18FN3O4/c1-17(2,10-9-15(23)24)19-16(25)12-7-8-14(22)21(20-12)13-6-4-3-5-11(13)18/h3-8H,9-10H2,1-2H3,(H,19,25)(H,23,24). The summed E-state index contributed by atoms with van der Waals surface area (Å²) in [5.41, 5.74) is -1.50. The monoisotopic (exact) mass is 347 g/mol. The van der Waals surface area contributed by atoms with Crippen molar-refractivity contribution >= 4 is 11.9 Å². The third kappa shape index (κ3) is 4.72. The predicted molar refractivity (Wildman–Crippen MR) is 88.2 cm³/mol. The highest BCUT2D eigenvalue weighted by molar-refractivity contribution is 5.92. The van der Waals surface area contributed by atoms with Gasteiger partial charge in [0.15, 0.2) is 0 Å². The molecule has 0 saturated heterocycles. The molecule has 0 fully saturated rings. The number of carboxylic acids is 1. The molecule has 1 aromatic carbocycles. The van der Waals surface area contributed by atoms with Crippen molar-refractivity contribution in [1.82, 2.24) is 15.1 Å². The maximum atomic E-state index is 13.9. The largest absolute Gasteiger partial charge is 0.481 e. The van der Waals surface area contributed by atoms with Gasteiger partial charge in [0.25, 0.3) is 11.5 Å². The van der Waals surface area contributed by atoms with Gasteiger partial charge in [0, 0.05) is 18.0 Å². The maximum Gasteiger partial charge on any atom is 0.303 e. The van der Waals surface area contributed by atoms with Crippen LogP contribution in [0.25, 0.3) is 5.69 Å². The van der Waals surface area contributed by atoms with Gasteiger partial charge in [0.05, 0.1) is 0 Å². The lowest BCUT2D eigenvalue weighted by molar-refractivity contribution is -0.137. The topological polar surface area (TPSA) is 101 Å². The van der Waals surface area contributed by atoms with Crippen molar-refractivity contribution < 1.29 is 19.1 Å². The Morgan fingerprint density at radius 1 is 1.24 bits per heavy atom. The van der Waals surface area contributed by atoms with E-state index in [9.17, 15) is 18.8 Å². The zero-order valence-electron chi connectivity index (χ0n) is 13.8. The van der Waals surface area contributed by atoms with Crippen LogP contribution in [-0.4, -0.2) is 32.3 Å². The number of amides is 1. The van der Waals surface area contributed by atoms with E-state index >= 15 is 0 Å². The number of carbonyl (C=O) groups is 2. The summed E-state index contributed by atoms with van der Waals surface area (Å²) in [6.07, 6.45) is 0.121. The molecule has 25 heavy (non-hydrogen) atoms. The fourth-order valence-electron chi connectivity index (χ4n) is 2.18. The van der Waals surface area contributed by atoms with Gasteiger partial charge in [-0.2, -0.15) is 9.78 Å². The zero-order valence-corrected chi connectivity index (χ0v) is 13.8. The third-order valence-corrected chi connectivity index (χ3v) is 3.53. The molecule has 0 atom stereocenters. The summed E-state index contributed by atoms with van der Waals surface area (Å²) in [7, 11) is 0. The first-order valence-corrected chi connectivity index (χ1v) is 7.59. The number of hydrogen-bond acceptors (Lipinski definition) is 4. The number of hydrogen-bond donors (Lipinski definition) is 2. The van der Waals surface area contributed by atoms with Gasteiger partial charge in [-0.05, 0) is 38.5 Å². The summed E-state index contributed by atoms with van der Waals surface area (Å²) in [5, 5.41) is 15.3. The van der Waals surface area contributed by atoms with Gasteiger partial charge in [-0.25, -0.2) is 4.39 Å². The molecule has 0 radical (unpaired) electrons. The number of nitrogens with zero attached hydrogens (tertiary/aromatic N) is 2. The number of para-hydroxylation sites is 1. The minimum Gasteiger partial charge on any atom is -0.481 e. The lowest BCUT2D eigenvalue weighted by Crippen LogP contribution is -2.44. The molecule has 2 aromatic rings. The van der Waals surface area contributed by atoms with Crippen LogP contribution in [0.4, 0.5) is 4.39 Å². The van der Waals surface area contributed by atoms with Crippen molar-refractivity contribution in [2.75, 3.05) is 0 Å². The van der Waals surface area contributed by atoms with E-state index in [1.165, 1.54) is 24.3 Å². The molecule has 0 aliphatic heterocycles. The van der Waals surface area contributed by atoms with Gasteiger partial charge >= 0.3 is 5.97 Å². The van der Waals surface area contributed by atoms with Crippen LogP contribution in [0.2, 0.25) is 0 Å². The van der Waals surface area contributed by atoms with Crippen LogP contribution in [0.1, 0.15) is 37.2 Å². The Bertz CT molecular complexity index is 861. The molecular weight excluding hydrogens is 329 g/mol. The summed E-state index contributed by atoms with van der Waals surface area (Å²) >= 11 is 0. The van der Waals surface area contributed by atoms with E-state index in [0.717, 1.165) is 10.7 Å². The molecule has 0 saturated carbocycles. The summed E-state index contributed by atoms with van der Waals surface area (Å²) in [6.45, 7) is 3.36. The molecule has 0 spiro atoms. The second-order valence-electron chi connectivity index (χ2n) is 6.15. The Balaban J connectivity index is 2.27. The van der Waals surface area contributed by atoms with Crippen molar-refractivity contribution in [1.29, 1.82) is 0 Å². The van der Waals surface area contributed by atoms with Crippen LogP contribution >= 0.6 is 0 Å². The predicted octanol–water partition coefficient (Wildman–Crippen LogP) is 1.74. The lowest BCUT2D eigenvalue weighted by atomic mass is 9.98. The Morgan fingerprint density at radius 3 is 2.56 bits per heavy atom. The molecule has 0 aliphatic rings. The summed E-state index contributed by atoms with van der Waals surface area (Å²) < 4.78 is 14.7. The smallest absolute Gasteiger partial charge is 0.303 e. The van der Waals surface area contributed by atoms with Gasteiger partial charge < -0.3 is 10.4 Å². The minimum atomic E-state index is -0.964. The fourth-order valence-corrected chi connectivity index (χ4v) is 2.18. The van der Waals surface area contributed by atoms with E-state index in [-0.39, 0.29) is 24.2 Å². The molecule has 132 valence electrons. The second kappa shape index (κ2) is 7.25. The number of aliphatic carboxylic acids is 1. The number of halogens is 1. The Labute approximate surface area is 143 Å². The van der Waals surface area contributed by atoms with Crippen LogP contribution < -0.4 is 10.9 Å². The highest BCUT2D eigenvalue weighted by Gasteiger charge is 2.23. The molecule has 0 bridgehead atoms. The number of carboxylic acid groups (broad SMARTS) is 1. The molecule has 1 amide bonds.